The van der Waals surface area contributed by atoms with E-state index in [2.05, 4.69) is 4.98 Å². The molecule has 0 aliphatic heterocycles. The molecule has 98 valence electrons. The maximum atomic E-state index is 11.9. The lowest BCUT2D eigenvalue weighted by Gasteiger charge is -2.05. The first kappa shape index (κ1) is 13.1. The van der Waals surface area contributed by atoms with Gasteiger partial charge in [0.1, 0.15) is 0 Å². The van der Waals surface area contributed by atoms with Crippen LogP contribution >= 0.6 is 0 Å². The van der Waals surface area contributed by atoms with Gasteiger partial charge in [0.15, 0.2) is 9.84 Å². The molecule has 0 saturated carbocycles. The van der Waals surface area contributed by atoms with Gasteiger partial charge in [-0.2, -0.15) is 0 Å². The van der Waals surface area contributed by atoms with E-state index in [0.717, 1.165) is 22.2 Å². The van der Waals surface area contributed by atoms with Gasteiger partial charge in [0.2, 0.25) is 0 Å². The van der Waals surface area contributed by atoms with Crippen LogP contribution in [0.5, 0.6) is 0 Å². The predicted molar refractivity (Wildman–Crippen MR) is 73.9 cm³/mol. The second kappa shape index (κ2) is 4.74. The summed E-state index contributed by atoms with van der Waals surface area (Å²) >= 11 is 0. The SMILES string of the molecule is CC(C)S(=O)(=O)Cc1cc2cccc(CN)c2[nH]1. The van der Waals surface area contributed by atoms with Crippen LogP contribution in [-0.2, 0) is 22.1 Å². The summed E-state index contributed by atoms with van der Waals surface area (Å²) in [6.07, 6.45) is 0. The van der Waals surface area contributed by atoms with E-state index in [1.165, 1.54) is 0 Å². The molecule has 0 unspecified atom stereocenters. The van der Waals surface area contributed by atoms with Crippen molar-refractivity contribution in [2.45, 2.75) is 31.4 Å². The van der Waals surface area contributed by atoms with Gasteiger partial charge in [0, 0.05) is 17.6 Å². The fraction of sp³-hybridized carbons (Fsp3) is 0.385. The Morgan fingerprint density at radius 3 is 2.67 bits per heavy atom. The molecule has 0 aliphatic carbocycles. The van der Waals surface area contributed by atoms with E-state index in [9.17, 15) is 8.42 Å². The van der Waals surface area contributed by atoms with E-state index in [1.807, 2.05) is 24.3 Å². The Hall–Kier alpha value is -1.33. The van der Waals surface area contributed by atoms with Gasteiger partial charge in [0.25, 0.3) is 0 Å². The average molecular weight is 266 g/mol. The van der Waals surface area contributed by atoms with Crippen LogP contribution in [-0.4, -0.2) is 18.7 Å². The smallest absolute Gasteiger partial charge is 0.158 e. The van der Waals surface area contributed by atoms with Crippen LogP contribution in [0.25, 0.3) is 10.9 Å². The number of para-hydroxylation sites is 1. The standard InChI is InChI=1S/C13H18N2O2S/c1-9(2)18(16,17)8-12-6-10-4-3-5-11(7-14)13(10)15-12/h3-6,9,15H,7-8,14H2,1-2H3. The zero-order valence-corrected chi connectivity index (χ0v) is 11.4. The van der Waals surface area contributed by atoms with Crippen molar-refractivity contribution in [3.8, 4) is 0 Å². The summed E-state index contributed by atoms with van der Waals surface area (Å²) in [5.41, 5.74) is 8.32. The second-order valence-electron chi connectivity index (χ2n) is 4.74. The topological polar surface area (TPSA) is 75.9 Å². The fourth-order valence-electron chi connectivity index (χ4n) is 1.91. The van der Waals surface area contributed by atoms with Crippen LogP contribution in [0.2, 0.25) is 0 Å². The molecule has 1 heterocycles. The summed E-state index contributed by atoms with van der Waals surface area (Å²) in [6.45, 7) is 3.83. The second-order valence-corrected chi connectivity index (χ2v) is 7.29. The molecule has 0 aliphatic rings. The van der Waals surface area contributed by atoms with Gasteiger partial charge in [-0.3, -0.25) is 0 Å². The molecule has 4 nitrogen and oxygen atoms in total. The highest BCUT2D eigenvalue weighted by Gasteiger charge is 2.18. The number of hydrogen-bond acceptors (Lipinski definition) is 3. The van der Waals surface area contributed by atoms with E-state index in [1.54, 1.807) is 13.8 Å². The number of sulfone groups is 1. The van der Waals surface area contributed by atoms with Crippen molar-refractivity contribution in [2.75, 3.05) is 0 Å². The van der Waals surface area contributed by atoms with Crippen molar-refractivity contribution in [2.24, 2.45) is 5.73 Å². The Labute approximate surface area is 107 Å². The highest BCUT2D eigenvalue weighted by atomic mass is 32.2. The quantitative estimate of drug-likeness (QED) is 0.888. The molecule has 1 aromatic carbocycles. The summed E-state index contributed by atoms with van der Waals surface area (Å²) in [7, 11) is -3.08. The molecule has 0 radical (unpaired) electrons. The molecular weight excluding hydrogens is 248 g/mol. The molecule has 0 spiro atoms. The minimum atomic E-state index is -3.08. The number of aromatic amines is 1. The number of H-pyrrole nitrogens is 1. The molecule has 2 aromatic rings. The van der Waals surface area contributed by atoms with Gasteiger partial charge in [-0.25, -0.2) is 8.42 Å². The number of hydrogen-bond donors (Lipinski definition) is 2. The van der Waals surface area contributed by atoms with Crippen molar-refractivity contribution >= 4 is 20.7 Å². The van der Waals surface area contributed by atoms with Crippen LogP contribution < -0.4 is 5.73 Å². The van der Waals surface area contributed by atoms with Crippen LogP contribution in [0.4, 0.5) is 0 Å². The molecule has 3 N–H and O–H groups in total. The average Bonchev–Trinajstić information content (AvgIpc) is 2.69. The first-order valence-electron chi connectivity index (χ1n) is 5.95. The molecule has 1 aromatic heterocycles. The van der Waals surface area contributed by atoms with Gasteiger partial charge in [-0.15, -0.1) is 0 Å². The van der Waals surface area contributed by atoms with Crippen LogP contribution in [0.15, 0.2) is 24.3 Å². The van der Waals surface area contributed by atoms with Crippen molar-refractivity contribution in [1.82, 2.24) is 4.98 Å². The molecule has 0 saturated heterocycles. The summed E-state index contributed by atoms with van der Waals surface area (Å²) in [5.74, 6) is 0.0450. The fourth-order valence-corrected chi connectivity index (χ4v) is 2.83. The number of benzene rings is 1. The minimum Gasteiger partial charge on any atom is -0.357 e. The zero-order valence-electron chi connectivity index (χ0n) is 10.6. The highest BCUT2D eigenvalue weighted by Crippen LogP contribution is 2.21. The Balaban J connectivity index is 2.43. The van der Waals surface area contributed by atoms with Crippen LogP contribution in [0.1, 0.15) is 25.1 Å². The molecular formula is C13H18N2O2S. The van der Waals surface area contributed by atoms with E-state index >= 15 is 0 Å². The number of nitrogens with one attached hydrogen (secondary N) is 1. The third-order valence-corrected chi connectivity index (χ3v) is 5.24. The Bertz CT molecular complexity index is 657. The zero-order chi connectivity index (χ0) is 13.3. The van der Waals surface area contributed by atoms with Crippen LogP contribution in [0.3, 0.4) is 0 Å². The number of nitrogens with two attached hydrogens (primary N) is 1. The molecule has 5 heteroatoms. The first-order chi connectivity index (χ1) is 8.44. The van der Waals surface area contributed by atoms with Gasteiger partial charge >= 0.3 is 0 Å². The molecule has 0 bridgehead atoms. The van der Waals surface area contributed by atoms with E-state index in [0.29, 0.717) is 6.54 Å². The molecule has 0 amide bonds. The molecule has 0 fully saturated rings. The number of fused-ring (bicyclic) bond motifs is 1. The van der Waals surface area contributed by atoms with Crippen LogP contribution in [0, 0.1) is 0 Å². The van der Waals surface area contributed by atoms with Crippen molar-refractivity contribution in [3.63, 3.8) is 0 Å². The first-order valence-corrected chi connectivity index (χ1v) is 7.66. The number of aromatic nitrogens is 1. The van der Waals surface area contributed by atoms with Crippen molar-refractivity contribution < 1.29 is 8.42 Å². The lowest BCUT2D eigenvalue weighted by Crippen LogP contribution is -2.16. The largest absolute Gasteiger partial charge is 0.357 e. The normalized spacial score (nSPS) is 12.4. The lowest BCUT2D eigenvalue weighted by atomic mass is 10.1. The summed E-state index contributed by atoms with van der Waals surface area (Å²) in [5, 5.41) is 0.643. The van der Waals surface area contributed by atoms with Gasteiger partial charge in [-0.05, 0) is 25.5 Å². The molecule has 0 atom stereocenters. The van der Waals surface area contributed by atoms with E-state index in [4.69, 9.17) is 5.73 Å². The summed E-state index contributed by atoms with van der Waals surface area (Å²) in [6, 6.07) is 7.71. The van der Waals surface area contributed by atoms with Crippen molar-refractivity contribution in [3.05, 3.63) is 35.5 Å². The maximum Gasteiger partial charge on any atom is 0.158 e. The third kappa shape index (κ3) is 2.42. The van der Waals surface area contributed by atoms with E-state index in [-0.39, 0.29) is 11.0 Å². The van der Waals surface area contributed by atoms with Gasteiger partial charge < -0.3 is 10.7 Å². The highest BCUT2D eigenvalue weighted by molar-refractivity contribution is 7.91. The maximum absolute atomic E-state index is 11.9. The predicted octanol–water partition coefficient (Wildman–Crippen LogP) is 1.95. The number of rotatable bonds is 4. The Morgan fingerprint density at radius 1 is 1.33 bits per heavy atom. The lowest BCUT2D eigenvalue weighted by molar-refractivity contribution is 0.586. The third-order valence-electron chi connectivity index (χ3n) is 3.09. The van der Waals surface area contributed by atoms with Gasteiger partial charge in [0.05, 0.1) is 16.5 Å². The van der Waals surface area contributed by atoms with Gasteiger partial charge in [-0.1, -0.05) is 18.2 Å². The minimum absolute atomic E-state index is 0.0450. The van der Waals surface area contributed by atoms with E-state index < -0.39 is 9.84 Å². The Kier molecular flexibility index (Phi) is 3.45. The summed E-state index contributed by atoms with van der Waals surface area (Å²) in [4.78, 5) is 3.17. The Morgan fingerprint density at radius 2 is 2.06 bits per heavy atom. The summed E-state index contributed by atoms with van der Waals surface area (Å²) < 4.78 is 23.8. The molecule has 18 heavy (non-hydrogen) atoms. The molecule has 2 rings (SSSR count). The van der Waals surface area contributed by atoms with Crippen molar-refractivity contribution in [1.29, 1.82) is 0 Å². The monoisotopic (exact) mass is 266 g/mol.